The number of hydrogen-bond acceptors (Lipinski definition) is 4. The van der Waals surface area contributed by atoms with Crippen molar-refractivity contribution < 1.29 is 14.3 Å². The Balaban J connectivity index is 2.51. The first-order valence-corrected chi connectivity index (χ1v) is 5.60. The Hall–Kier alpha value is -0.610. The van der Waals surface area contributed by atoms with Crippen molar-refractivity contribution in [2.45, 2.75) is 45.9 Å². The van der Waals surface area contributed by atoms with E-state index in [9.17, 15) is 4.79 Å². The van der Waals surface area contributed by atoms with Crippen LogP contribution in [0.5, 0.6) is 0 Å². The highest BCUT2D eigenvalue weighted by Gasteiger charge is 2.29. The van der Waals surface area contributed by atoms with Crippen LogP contribution in [0.2, 0.25) is 0 Å². The molecule has 1 aliphatic heterocycles. The van der Waals surface area contributed by atoms with Crippen LogP contribution in [0.25, 0.3) is 0 Å². The van der Waals surface area contributed by atoms with Gasteiger partial charge < -0.3 is 9.47 Å². The van der Waals surface area contributed by atoms with Gasteiger partial charge in [0.1, 0.15) is 6.04 Å². The molecule has 0 aromatic rings. The van der Waals surface area contributed by atoms with Gasteiger partial charge in [0.15, 0.2) is 0 Å². The second kappa shape index (κ2) is 5.47. The molecule has 0 aliphatic carbocycles. The minimum Gasteiger partial charge on any atom is -0.465 e. The van der Waals surface area contributed by atoms with Crippen LogP contribution < -0.4 is 0 Å². The SMILES string of the molecule is CCOC(=O)[C@@H](C)N1C[C@@H](C)O[C@@H](C)C1. The van der Waals surface area contributed by atoms with Crippen molar-refractivity contribution in [1.29, 1.82) is 0 Å². The molecule has 0 saturated carbocycles. The Morgan fingerprint density at radius 2 is 2.00 bits per heavy atom. The zero-order chi connectivity index (χ0) is 11.4. The highest BCUT2D eigenvalue weighted by molar-refractivity contribution is 5.75. The summed E-state index contributed by atoms with van der Waals surface area (Å²) in [7, 11) is 0. The molecular weight excluding hydrogens is 194 g/mol. The van der Waals surface area contributed by atoms with Gasteiger partial charge in [0.05, 0.1) is 18.8 Å². The van der Waals surface area contributed by atoms with Crippen LogP contribution in [0.4, 0.5) is 0 Å². The number of carbonyl (C=O) groups is 1. The van der Waals surface area contributed by atoms with E-state index in [2.05, 4.69) is 4.90 Å². The minimum absolute atomic E-state index is 0.140. The predicted octanol–water partition coefficient (Wildman–Crippen LogP) is 1.05. The smallest absolute Gasteiger partial charge is 0.323 e. The van der Waals surface area contributed by atoms with Crippen molar-refractivity contribution >= 4 is 5.97 Å². The van der Waals surface area contributed by atoms with Gasteiger partial charge >= 0.3 is 5.97 Å². The first-order valence-electron chi connectivity index (χ1n) is 5.60. The highest BCUT2D eigenvalue weighted by atomic mass is 16.5. The third-order valence-electron chi connectivity index (χ3n) is 2.62. The zero-order valence-corrected chi connectivity index (χ0v) is 10.0. The number of rotatable bonds is 3. The molecule has 1 saturated heterocycles. The monoisotopic (exact) mass is 215 g/mol. The molecular formula is C11H21NO3. The van der Waals surface area contributed by atoms with E-state index in [0.717, 1.165) is 13.1 Å². The summed E-state index contributed by atoms with van der Waals surface area (Å²) in [6, 6.07) is -0.168. The normalized spacial score (nSPS) is 29.9. The van der Waals surface area contributed by atoms with Gasteiger partial charge in [0, 0.05) is 13.1 Å². The summed E-state index contributed by atoms with van der Waals surface area (Å²) >= 11 is 0. The summed E-state index contributed by atoms with van der Waals surface area (Å²) in [6.45, 7) is 9.81. The molecule has 88 valence electrons. The van der Waals surface area contributed by atoms with Crippen LogP contribution in [0.15, 0.2) is 0 Å². The number of nitrogens with zero attached hydrogens (tertiary/aromatic N) is 1. The quantitative estimate of drug-likeness (QED) is 0.660. The van der Waals surface area contributed by atoms with Crippen LogP contribution in [-0.2, 0) is 14.3 Å². The molecule has 0 spiro atoms. The van der Waals surface area contributed by atoms with Crippen molar-refractivity contribution in [2.24, 2.45) is 0 Å². The molecule has 3 atom stereocenters. The van der Waals surface area contributed by atoms with E-state index in [-0.39, 0.29) is 24.2 Å². The number of morpholine rings is 1. The molecule has 1 rings (SSSR count). The molecule has 0 bridgehead atoms. The zero-order valence-electron chi connectivity index (χ0n) is 10.0. The summed E-state index contributed by atoms with van der Waals surface area (Å²) in [5.74, 6) is -0.140. The number of carbonyl (C=O) groups excluding carboxylic acids is 1. The summed E-state index contributed by atoms with van der Waals surface area (Å²) in [5.41, 5.74) is 0. The summed E-state index contributed by atoms with van der Waals surface area (Å²) < 4.78 is 10.6. The largest absolute Gasteiger partial charge is 0.465 e. The van der Waals surface area contributed by atoms with E-state index in [1.807, 2.05) is 27.7 Å². The van der Waals surface area contributed by atoms with Crippen molar-refractivity contribution in [3.63, 3.8) is 0 Å². The minimum atomic E-state index is -0.168. The van der Waals surface area contributed by atoms with Gasteiger partial charge in [0.2, 0.25) is 0 Å². The Morgan fingerprint density at radius 3 is 2.47 bits per heavy atom. The van der Waals surface area contributed by atoms with Gasteiger partial charge in [-0.2, -0.15) is 0 Å². The summed E-state index contributed by atoms with van der Waals surface area (Å²) in [4.78, 5) is 13.7. The van der Waals surface area contributed by atoms with Crippen LogP contribution >= 0.6 is 0 Å². The number of ether oxygens (including phenoxy) is 2. The molecule has 0 aromatic heterocycles. The Morgan fingerprint density at radius 1 is 1.47 bits per heavy atom. The molecule has 4 nitrogen and oxygen atoms in total. The lowest BCUT2D eigenvalue weighted by Crippen LogP contribution is -2.51. The first kappa shape index (κ1) is 12.5. The van der Waals surface area contributed by atoms with Crippen molar-refractivity contribution in [3.8, 4) is 0 Å². The first-order chi connectivity index (χ1) is 7.04. The van der Waals surface area contributed by atoms with Crippen molar-refractivity contribution in [3.05, 3.63) is 0 Å². The Labute approximate surface area is 91.5 Å². The molecule has 0 aromatic carbocycles. The van der Waals surface area contributed by atoms with E-state index in [1.54, 1.807) is 0 Å². The van der Waals surface area contributed by atoms with E-state index in [4.69, 9.17) is 9.47 Å². The van der Waals surface area contributed by atoms with Gasteiger partial charge in [-0.15, -0.1) is 0 Å². The molecule has 0 unspecified atom stereocenters. The Bertz CT molecular complexity index is 210. The maximum Gasteiger partial charge on any atom is 0.323 e. The van der Waals surface area contributed by atoms with Crippen LogP contribution in [0, 0.1) is 0 Å². The fourth-order valence-corrected chi connectivity index (χ4v) is 1.95. The van der Waals surface area contributed by atoms with E-state index < -0.39 is 0 Å². The lowest BCUT2D eigenvalue weighted by Gasteiger charge is -2.37. The van der Waals surface area contributed by atoms with Gasteiger partial charge in [-0.1, -0.05) is 0 Å². The lowest BCUT2D eigenvalue weighted by molar-refractivity contribution is -0.153. The molecule has 0 amide bonds. The van der Waals surface area contributed by atoms with E-state index >= 15 is 0 Å². The van der Waals surface area contributed by atoms with Crippen LogP contribution in [0.3, 0.4) is 0 Å². The van der Waals surface area contributed by atoms with E-state index in [1.165, 1.54) is 0 Å². The van der Waals surface area contributed by atoms with Gasteiger partial charge in [0.25, 0.3) is 0 Å². The topological polar surface area (TPSA) is 38.8 Å². The highest BCUT2D eigenvalue weighted by Crippen LogP contribution is 2.14. The second-order valence-electron chi connectivity index (χ2n) is 4.14. The number of hydrogen-bond donors (Lipinski definition) is 0. The third kappa shape index (κ3) is 3.47. The van der Waals surface area contributed by atoms with Gasteiger partial charge in [-0.3, -0.25) is 9.69 Å². The molecule has 0 N–H and O–H groups in total. The molecule has 1 aliphatic rings. The van der Waals surface area contributed by atoms with Crippen LogP contribution in [0.1, 0.15) is 27.7 Å². The Kier molecular flexibility index (Phi) is 4.54. The maximum atomic E-state index is 11.6. The van der Waals surface area contributed by atoms with E-state index in [0.29, 0.717) is 6.61 Å². The molecule has 4 heteroatoms. The average molecular weight is 215 g/mol. The van der Waals surface area contributed by atoms with Gasteiger partial charge in [-0.05, 0) is 27.7 Å². The second-order valence-corrected chi connectivity index (χ2v) is 4.14. The third-order valence-corrected chi connectivity index (χ3v) is 2.62. The molecule has 1 fully saturated rings. The van der Waals surface area contributed by atoms with Crippen molar-refractivity contribution in [2.75, 3.05) is 19.7 Å². The van der Waals surface area contributed by atoms with Crippen molar-refractivity contribution in [1.82, 2.24) is 4.90 Å². The lowest BCUT2D eigenvalue weighted by atomic mass is 10.2. The standard InChI is InChI=1S/C11H21NO3/c1-5-14-11(13)10(4)12-6-8(2)15-9(3)7-12/h8-10H,5-7H2,1-4H3/t8-,9+,10-/m1/s1. The van der Waals surface area contributed by atoms with Crippen LogP contribution in [-0.4, -0.2) is 48.8 Å². The molecule has 0 radical (unpaired) electrons. The molecule has 1 heterocycles. The number of esters is 1. The molecule has 15 heavy (non-hydrogen) atoms. The fraction of sp³-hybridized carbons (Fsp3) is 0.909. The average Bonchev–Trinajstić information content (AvgIpc) is 2.15. The summed E-state index contributed by atoms with van der Waals surface area (Å²) in [6.07, 6.45) is 0.372. The summed E-state index contributed by atoms with van der Waals surface area (Å²) in [5, 5.41) is 0. The fourth-order valence-electron chi connectivity index (χ4n) is 1.95. The maximum absolute atomic E-state index is 11.6. The van der Waals surface area contributed by atoms with Gasteiger partial charge in [-0.25, -0.2) is 0 Å². The predicted molar refractivity (Wildman–Crippen MR) is 57.7 cm³/mol.